The predicted octanol–water partition coefficient (Wildman–Crippen LogP) is 3.97. The molecule has 1 atom stereocenters. The summed E-state index contributed by atoms with van der Waals surface area (Å²) >= 11 is 1.00. The topological polar surface area (TPSA) is 75.7 Å². The normalized spacial score (nSPS) is 12.2. The summed E-state index contributed by atoms with van der Waals surface area (Å²) in [6, 6.07) is 15.3. The highest BCUT2D eigenvalue weighted by Gasteiger charge is 2.30. The van der Waals surface area contributed by atoms with Crippen LogP contribution in [0.1, 0.15) is 18.5 Å². The number of amides is 1. The number of thiophene rings is 1. The van der Waals surface area contributed by atoms with Crippen molar-refractivity contribution in [3.05, 3.63) is 77.4 Å². The first-order chi connectivity index (χ1) is 14.3. The molecule has 30 heavy (non-hydrogen) atoms. The highest BCUT2D eigenvalue weighted by atomic mass is 32.2. The number of anilines is 1. The Hall–Kier alpha value is -2.91. The third-order valence-corrected chi connectivity index (χ3v) is 7.57. The molecule has 9 heteroatoms. The summed E-state index contributed by atoms with van der Waals surface area (Å²) in [5.74, 6) is -0.597. The van der Waals surface area contributed by atoms with Crippen molar-refractivity contribution in [3.8, 4) is 5.75 Å². The Morgan fingerprint density at radius 1 is 1.13 bits per heavy atom. The van der Waals surface area contributed by atoms with E-state index in [4.69, 9.17) is 4.74 Å². The van der Waals surface area contributed by atoms with Crippen LogP contribution in [0.3, 0.4) is 0 Å². The minimum atomic E-state index is -4.10. The molecule has 1 amide bonds. The molecule has 2 aromatic carbocycles. The van der Waals surface area contributed by atoms with Crippen molar-refractivity contribution >= 4 is 33.0 Å². The molecule has 0 aliphatic heterocycles. The Morgan fingerprint density at radius 3 is 2.43 bits per heavy atom. The lowest BCUT2D eigenvalue weighted by Crippen LogP contribution is -2.41. The van der Waals surface area contributed by atoms with Gasteiger partial charge in [-0.25, -0.2) is 12.8 Å². The molecule has 0 saturated heterocycles. The fourth-order valence-electron chi connectivity index (χ4n) is 2.87. The molecule has 0 bridgehead atoms. The standard InChI is InChI=1S/C21H21FN2O4S2/c1-15(16-9-11-17(28-2)12-10-16)23-20(25)14-24(19-7-4-3-6-18(19)22)30(26,27)21-8-5-13-29-21/h3-13,15H,14H2,1-2H3,(H,23,25)/t15-/m0/s1. The van der Waals surface area contributed by atoms with E-state index in [2.05, 4.69) is 5.32 Å². The quantitative estimate of drug-likeness (QED) is 0.566. The molecule has 158 valence electrons. The third-order valence-electron chi connectivity index (χ3n) is 4.44. The highest BCUT2D eigenvalue weighted by molar-refractivity contribution is 7.94. The van der Waals surface area contributed by atoms with Crippen LogP contribution in [0, 0.1) is 5.82 Å². The van der Waals surface area contributed by atoms with Crippen LogP contribution in [-0.4, -0.2) is 28.0 Å². The van der Waals surface area contributed by atoms with E-state index in [1.807, 2.05) is 0 Å². The lowest BCUT2D eigenvalue weighted by Gasteiger charge is -2.24. The number of hydrogen-bond acceptors (Lipinski definition) is 5. The molecule has 0 radical (unpaired) electrons. The first kappa shape index (κ1) is 21.8. The van der Waals surface area contributed by atoms with E-state index in [1.165, 1.54) is 24.3 Å². The van der Waals surface area contributed by atoms with Crippen molar-refractivity contribution in [2.24, 2.45) is 0 Å². The summed E-state index contributed by atoms with van der Waals surface area (Å²) in [6.07, 6.45) is 0. The molecule has 3 aromatic rings. The van der Waals surface area contributed by atoms with Gasteiger partial charge < -0.3 is 10.1 Å². The Morgan fingerprint density at radius 2 is 1.83 bits per heavy atom. The largest absolute Gasteiger partial charge is 0.497 e. The number of nitrogens with zero attached hydrogens (tertiary/aromatic N) is 1. The number of benzene rings is 2. The van der Waals surface area contributed by atoms with Gasteiger partial charge in [0.25, 0.3) is 10.0 Å². The Kier molecular flexibility index (Phi) is 6.73. The monoisotopic (exact) mass is 448 g/mol. The van der Waals surface area contributed by atoms with Crippen molar-refractivity contribution in [3.63, 3.8) is 0 Å². The Labute approximate surface area is 179 Å². The van der Waals surface area contributed by atoms with Gasteiger partial charge in [0.1, 0.15) is 22.3 Å². The van der Waals surface area contributed by atoms with Crippen molar-refractivity contribution in [1.29, 1.82) is 0 Å². The molecular weight excluding hydrogens is 427 g/mol. The number of carbonyl (C=O) groups is 1. The maximum absolute atomic E-state index is 14.4. The minimum Gasteiger partial charge on any atom is -0.497 e. The molecule has 0 saturated carbocycles. The molecule has 1 N–H and O–H groups in total. The predicted molar refractivity (Wildman–Crippen MR) is 115 cm³/mol. The van der Waals surface area contributed by atoms with Crippen molar-refractivity contribution in [2.45, 2.75) is 17.2 Å². The second-order valence-corrected chi connectivity index (χ2v) is 9.49. The van der Waals surface area contributed by atoms with E-state index in [0.717, 1.165) is 27.3 Å². The number of ether oxygens (including phenoxy) is 1. The average Bonchev–Trinajstić information content (AvgIpc) is 3.28. The molecule has 0 aliphatic rings. The van der Waals surface area contributed by atoms with Crippen molar-refractivity contribution in [1.82, 2.24) is 5.32 Å². The molecule has 0 spiro atoms. The first-order valence-electron chi connectivity index (χ1n) is 9.07. The van der Waals surface area contributed by atoms with Crippen LogP contribution in [0.5, 0.6) is 5.75 Å². The molecule has 3 rings (SSSR count). The van der Waals surface area contributed by atoms with Crippen LogP contribution < -0.4 is 14.4 Å². The van der Waals surface area contributed by atoms with Gasteiger partial charge in [-0.3, -0.25) is 9.10 Å². The third kappa shape index (κ3) is 4.80. The molecule has 1 heterocycles. The lowest BCUT2D eigenvalue weighted by atomic mass is 10.1. The van der Waals surface area contributed by atoms with Gasteiger partial charge in [0.2, 0.25) is 5.91 Å². The van der Waals surface area contributed by atoms with Gasteiger partial charge in [0.15, 0.2) is 0 Å². The number of carbonyl (C=O) groups excluding carboxylic acids is 1. The molecule has 6 nitrogen and oxygen atoms in total. The molecular formula is C21H21FN2O4S2. The van der Waals surface area contributed by atoms with Crippen LogP contribution >= 0.6 is 11.3 Å². The number of methoxy groups -OCH3 is 1. The fourth-order valence-corrected chi connectivity index (χ4v) is 5.40. The number of hydrogen-bond donors (Lipinski definition) is 1. The van der Waals surface area contributed by atoms with Gasteiger partial charge >= 0.3 is 0 Å². The van der Waals surface area contributed by atoms with Crippen molar-refractivity contribution < 1.29 is 22.3 Å². The number of nitrogens with one attached hydrogen (secondary N) is 1. The van der Waals surface area contributed by atoms with Crippen LogP contribution in [0.2, 0.25) is 0 Å². The van der Waals surface area contributed by atoms with Gasteiger partial charge in [0, 0.05) is 0 Å². The van der Waals surface area contributed by atoms with Gasteiger partial charge in [-0.05, 0) is 48.2 Å². The van der Waals surface area contributed by atoms with Crippen LogP contribution in [0.4, 0.5) is 10.1 Å². The minimum absolute atomic E-state index is 0.0294. The lowest BCUT2D eigenvalue weighted by molar-refractivity contribution is -0.120. The SMILES string of the molecule is COc1ccc([C@H](C)NC(=O)CN(c2ccccc2F)S(=O)(=O)c2cccs2)cc1. The maximum atomic E-state index is 14.4. The zero-order valence-corrected chi connectivity index (χ0v) is 18.0. The zero-order chi connectivity index (χ0) is 21.7. The number of sulfonamides is 1. The summed E-state index contributed by atoms with van der Waals surface area (Å²) in [4.78, 5) is 12.7. The Bertz CT molecular complexity index is 1100. The van der Waals surface area contributed by atoms with E-state index in [-0.39, 0.29) is 15.9 Å². The van der Waals surface area contributed by atoms with E-state index in [0.29, 0.717) is 5.75 Å². The Balaban J connectivity index is 1.84. The summed E-state index contributed by atoms with van der Waals surface area (Å²) in [5.41, 5.74) is 0.640. The number of rotatable bonds is 8. The number of para-hydroxylation sites is 1. The van der Waals surface area contributed by atoms with E-state index < -0.39 is 28.3 Å². The van der Waals surface area contributed by atoms with Crippen molar-refractivity contribution in [2.75, 3.05) is 18.0 Å². The van der Waals surface area contributed by atoms with Crippen LogP contribution in [0.15, 0.2) is 70.3 Å². The summed E-state index contributed by atoms with van der Waals surface area (Å²) in [6.45, 7) is 1.22. The van der Waals surface area contributed by atoms with Gasteiger partial charge in [-0.15, -0.1) is 11.3 Å². The first-order valence-corrected chi connectivity index (χ1v) is 11.4. The van der Waals surface area contributed by atoms with E-state index >= 15 is 0 Å². The van der Waals surface area contributed by atoms with Gasteiger partial charge in [-0.1, -0.05) is 30.3 Å². The summed E-state index contributed by atoms with van der Waals surface area (Å²) in [7, 11) is -2.54. The average molecular weight is 449 g/mol. The second kappa shape index (κ2) is 9.27. The second-order valence-electron chi connectivity index (χ2n) is 6.46. The summed E-state index contributed by atoms with van der Waals surface area (Å²) in [5, 5.41) is 4.38. The van der Waals surface area contributed by atoms with Crippen LogP contribution in [-0.2, 0) is 14.8 Å². The van der Waals surface area contributed by atoms with E-state index in [9.17, 15) is 17.6 Å². The van der Waals surface area contributed by atoms with Crippen LogP contribution in [0.25, 0.3) is 0 Å². The number of halogens is 1. The fraction of sp³-hybridized carbons (Fsp3) is 0.190. The van der Waals surface area contributed by atoms with Gasteiger partial charge in [-0.2, -0.15) is 0 Å². The van der Waals surface area contributed by atoms with Gasteiger partial charge in [0.05, 0.1) is 18.8 Å². The molecule has 0 fully saturated rings. The summed E-state index contributed by atoms with van der Waals surface area (Å²) < 4.78 is 46.5. The molecule has 0 unspecified atom stereocenters. The maximum Gasteiger partial charge on any atom is 0.274 e. The van der Waals surface area contributed by atoms with E-state index in [1.54, 1.807) is 49.7 Å². The zero-order valence-electron chi connectivity index (χ0n) is 16.4. The smallest absolute Gasteiger partial charge is 0.274 e. The molecule has 0 aliphatic carbocycles. The molecule has 1 aromatic heterocycles. The highest BCUT2D eigenvalue weighted by Crippen LogP contribution is 2.28.